The lowest BCUT2D eigenvalue weighted by atomic mass is 10.1. The molecule has 0 saturated heterocycles. The molecular weight excluding hydrogens is 244 g/mol. The zero-order chi connectivity index (χ0) is 14.0. The Hall–Kier alpha value is -2.43. The smallest absolute Gasteiger partial charge is 0.274 e. The van der Waals surface area contributed by atoms with Crippen LogP contribution in [0.4, 0.5) is 5.69 Å². The number of hydrogen-bond acceptors (Lipinski definition) is 3. The SMILES string of the molecule is Cc1cc(C=O)c(C)n1Cc1ccccc1[N+](=O)[O-]. The van der Waals surface area contributed by atoms with E-state index >= 15 is 0 Å². The van der Waals surface area contributed by atoms with Gasteiger partial charge in [-0.3, -0.25) is 14.9 Å². The summed E-state index contributed by atoms with van der Waals surface area (Å²) in [5.74, 6) is 0. The van der Waals surface area contributed by atoms with Gasteiger partial charge < -0.3 is 4.57 Å². The molecule has 0 fully saturated rings. The molecule has 5 heteroatoms. The molecule has 2 rings (SSSR count). The summed E-state index contributed by atoms with van der Waals surface area (Å²) < 4.78 is 1.91. The van der Waals surface area contributed by atoms with Gasteiger partial charge in [0.25, 0.3) is 5.69 Å². The highest BCUT2D eigenvalue weighted by atomic mass is 16.6. The van der Waals surface area contributed by atoms with Gasteiger partial charge in [-0.25, -0.2) is 0 Å². The van der Waals surface area contributed by atoms with Crippen LogP contribution in [-0.2, 0) is 6.54 Å². The van der Waals surface area contributed by atoms with Crippen molar-refractivity contribution in [3.8, 4) is 0 Å². The van der Waals surface area contributed by atoms with Crippen LogP contribution in [0, 0.1) is 24.0 Å². The van der Waals surface area contributed by atoms with Gasteiger partial charge in [-0.15, -0.1) is 0 Å². The maximum atomic E-state index is 11.0. The van der Waals surface area contributed by atoms with Crippen LogP contribution in [0.3, 0.4) is 0 Å². The van der Waals surface area contributed by atoms with Crippen LogP contribution in [0.15, 0.2) is 30.3 Å². The van der Waals surface area contributed by atoms with Gasteiger partial charge in [-0.2, -0.15) is 0 Å². The van der Waals surface area contributed by atoms with E-state index in [2.05, 4.69) is 0 Å². The third kappa shape index (κ3) is 2.40. The summed E-state index contributed by atoms with van der Waals surface area (Å²) >= 11 is 0. The first-order valence-electron chi connectivity index (χ1n) is 5.88. The average molecular weight is 258 g/mol. The zero-order valence-electron chi connectivity index (χ0n) is 10.8. The monoisotopic (exact) mass is 258 g/mol. The first-order valence-corrected chi connectivity index (χ1v) is 5.88. The highest BCUT2D eigenvalue weighted by Crippen LogP contribution is 2.22. The van der Waals surface area contributed by atoms with Crippen molar-refractivity contribution in [2.45, 2.75) is 20.4 Å². The van der Waals surface area contributed by atoms with Gasteiger partial charge in [0, 0.05) is 28.6 Å². The second-order valence-electron chi connectivity index (χ2n) is 4.42. The molecule has 0 aliphatic heterocycles. The summed E-state index contributed by atoms with van der Waals surface area (Å²) in [5, 5.41) is 11.0. The summed E-state index contributed by atoms with van der Waals surface area (Å²) in [6.07, 6.45) is 0.804. The molecule has 0 aliphatic rings. The largest absolute Gasteiger partial charge is 0.344 e. The van der Waals surface area contributed by atoms with Crippen molar-refractivity contribution < 1.29 is 9.72 Å². The van der Waals surface area contributed by atoms with Gasteiger partial charge in [0.15, 0.2) is 6.29 Å². The van der Waals surface area contributed by atoms with Crippen molar-refractivity contribution in [3.63, 3.8) is 0 Å². The van der Waals surface area contributed by atoms with Crippen molar-refractivity contribution in [3.05, 3.63) is 63.0 Å². The van der Waals surface area contributed by atoms with E-state index in [1.54, 1.807) is 24.3 Å². The van der Waals surface area contributed by atoms with Crippen LogP contribution in [0.5, 0.6) is 0 Å². The number of hydrogen-bond donors (Lipinski definition) is 0. The summed E-state index contributed by atoms with van der Waals surface area (Å²) in [5.41, 5.74) is 3.09. The van der Waals surface area contributed by atoms with E-state index in [4.69, 9.17) is 0 Å². The normalized spacial score (nSPS) is 10.4. The first-order chi connectivity index (χ1) is 9.04. The lowest BCUT2D eigenvalue weighted by Gasteiger charge is -2.09. The number of carbonyl (C=O) groups excluding carboxylic acids is 1. The Kier molecular flexibility index (Phi) is 3.46. The molecule has 0 saturated carbocycles. The molecule has 0 amide bonds. The molecule has 2 aromatic rings. The molecule has 0 spiro atoms. The molecule has 98 valence electrons. The van der Waals surface area contributed by atoms with Crippen LogP contribution >= 0.6 is 0 Å². The summed E-state index contributed by atoms with van der Waals surface area (Å²) in [7, 11) is 0. The van der Waals surface area contributed by atoms with E-state index in [-0.39, 0.29) is 10.6 Å². The minimum atomic E-state index is -0.385. The Labute approximate surface area is 110 Å². The third-order valence-corrected chi connectivity index (χ3v) is 3.26. The van der Waals surface area contributed by atoms with Crippen LogP contribution in [0.25, 0.3) is 0 Å². The number of aromatic nitrogens is 1. The summed E-state index contributed by atoms with van der Waals surface area (Å²) in [6, 6.07) is 8.43. The predicted octanol–water partition coefficient (Wildman–Crippen LogP) is 2.87. The Morgan fingerprint density at radius 2 is 2.00 bits per heavy atom. The predicted molar refractivity (Wildman–Crippen MR) is 71.5 cm³/mol. The Balaban J connectivity index is 2.45. The number of aryl methyl sites for hydroxylation is 1. The minimum Gasteiger partial charge on any atom is -0.344 e. The number of benzene rings is 1. The topological polar surface area (TPSA) is 65.1 Å². The highest BCUT2D eigenvalue weighted by Gasteiger charge is 2.15. The van der Waals surface area contributed by atoms with E-state index in [0.717, 1.165) is 17.7 Å². The summed E-state index contributed by atoms with van der Waals surface area (Å²) in [4.78, 5) is 21.5. The number of nitro groups is 1. The maximum Gasteiger partial charge on any atom is 0.274 e. The number of para-hydroxylation sites is 1. The van der Waals surface area contributed by atoms with Crippen LogP contribution in [0.1, 0.15) is 27.3 Å². The van der Waals surface area contributed by atoms with Crippen molar-refractivity contribution in [1.29, 1.82) is 0 Å². The van der Waals surface area contributed by atoms with Crippen LogP contribution in [-0.4, -0.2) is 15.8 Å². The molecule has 5 nitrogen and oxygen atoms in total. The van der Waals surface area contributed by atoms with Gasteiger partial charge in [0.1, 0.15) is 0 Å². The van der Waals surface area contributed by atoms with E-state index in [1.165, 1.54) is 6.07 Å². The Bertz CT molecular complexity index is 644. The molecule has 1 aromatic carbocycles. The number of nitro benzene ring substituents is 1. The van der Waals surface area contributed by atoms with E-state index in [1.807, 2.05) is 18.4 Å². The Morgan fingerprint density at radius 3 is 2.58 bits per heavy atom. The number of rotatable bonds is 4. The van der Waals surface area contributed by atoms with E-state index in [0.29, 0.717) is 17.7 Å². The maximum absolute atomic E-state index is 11.0. The number of aldehydes is 1. The second kappa shape index (κ2) is 5.06. The fourth-order valence-corrected chi connectivity index (χ4v) is 2.18. The number of carbonyl (C=O) groups is 1. The van der Waals surface area contributed by atoms with Crippen molar-refractivity contribution in [2.24, 2.45) is 0 Å². The molecule has 0 unspecified atom stereocenters. The standard InChI is InChI=1S/C14H14N2O3/c1-10-7-13(9-17)11(2)15(10)8-12-5-3-4-6-14(12)16(18)19/h3-7,9H,8H2,1-2H3. The first kappa shape index (κ1) is 13.0. The van der Waals surface area contributed by atoms with Crippen LogP contribution in [0.2, 0.25) is 0 Å². The minimum absolute atomic E-state index is 0.0997. The van der Waals surface area contributed by atoms with Crippen molar-refractivity contribution in [1.82, 2.24) is 4.57 Å². The molecule has 0 radical (unpaired) electrons. The second-order valence-corrected chi connectivity index (χ2v) is 4.42. The van der Waals surface area contributed by atoms with Crippen molar-refractivity contribution in [2.75, 3.05) is 0 Å². The molecule has 0 bridgehead atoms. The Morgan fingerprint density at radius 1 is 1.32 bits per heavy atom. The van der Waals surface area contributed by atoms with Crippen LogP contribution < -0.4 is 0 Å². The highest BCUT2D eigenvalue weighted by molar-refractivity contribution is 5.77. The van der Waals surface area contributed by atoms with E-state index in [9.17, 15) is 14.9 Å². The summed E-state index contributed by atoms with van der Waals surface area (Å²) in [6.45, 7) is 4.11. The molecule has 19 heavy (non-hydrogen) atoms. The molecule has 0 N–H and O–H groups in total. The van der Waals surface area contributed by atoms with E-state index < -0.39 is 0 Å². The molecule has 0 aliphatic carbocycles. The molecule has 0 atom stereocenters. The zero-order valence-corrected chi connectivity index (χ0v) is 10.8. The third-order valence-electron chi connectivity index (χ3n) is 3.26. The number of nitrogens with zero attached hydrogens (tertiary/aromatic N) is 2. The average Bonchev–Trinajstić information content (AvgIpc) is 2.66. The molecular formula is C14H14N2O3. The lowest BCUT2D eigenvalue weighted by Crippen LogP contribution is -2.06. The lowest BCUT2D eigenvalue weighted by molar-refractivity contribution is -0.385. The van der Waals surface area contributed by atoms with Gasteiger partial charge in [-0.1, -0.05) is 18.2 Å². The molecule has 1 heterocycles. The quantitative estimate of drug-likeness (QED) is 0.481. The fourth-order valence-electron chi connectivity index (χ4n) is 2.18. The van der Waals surface area contributed by atoms with Gasteiger partial charge in [-0.05, 0) is 19.9 Å². The van der Waals surface area contributed by atoms with Gasteiger partial charge in [0.05, 0.1) is 11.5 Å². The van der Waals surface area contributed by atoms with Gasteiger partial charge in [0.2, 0.25) is 0 Å². The van der Waals surface area contributed by atoms with Crippen molar-refractivity contribution >= 4 is 12.0 Å². The van der Waals surface area contributed by atoms with Gasteiger partial charge >= 0.3 is 0 Å². The fraction of sp³-hybridized carbons (Fsp3) is 0.214. The molecule has 1 aromatic heterocycles.